The number of carboxylic acids is 1. The summed E-state index contributed by atoms with van der Waals surface area (Å²) in [5.41, 5.74) is 13.9. The third-order valence-corrected chi connectivity index (χ3v) is 5.78. The molecular weight excluding hydrogens is 454 g/mol. The van der Waals surface area contributed by atoms with E-state index >= 15 is 0 Å². The van der Waals surface area contributed by atoms with Crippen LogP contribution in [0.3, 0.4) is 0 Å². The number of rotatable bonds is 3. The number of hydrogen-bond donors (Lipinski definition) is 5. The SMILES string of the molecule is CN1NOC(O)=C1c1c(C#N)c(N)nc2sc(C(=O)N=C3C=CC(=O)C(C(=O)O)=C3)c(N)c12. The van der Waals surface area contributed by atoms with Gasteiger partial charge in [0.25, 0.3) is 5.91 Å². The number of aromatic nitrogens is 1. The fourth-order valence-electron chi connectivity index (χ4n) is 3.23. The van der Waals surface area contributed by atoms with Crippen molar-refractivity contribution in [2.75, 3.05) is 18.5 Å². The third-order valence-electron chi connectivity index (χ3n) is 4.69. The van der Waals surface area contributed by atoms with E-state index in [-0.39, 0.29) is 49.1 Å². The number of pyridine rings is 1. The lowest BCUT2D eigenvalue weighted by Gasteiger charge is -2.15. The number of thiophene rings is 1. The van der Waals surface area contributed by atoms with E-state index in [1.807, 2.05) is 6.07 Å². The lowest BCUT2D eigenvalue weighted by Crippen LogP contribution is -2.26. The van der Waals surface area contributed by atoms with Gasteiger partial charge in [-0.3, -0.25) is 14.6 Å². The minimum atomic E-state index is -1.45. The number of hydrazine groups is 1. The average Bonchev–Trinajstić information content (AvgIpc) is 3.26. The molecule has 0 saturated carbocycles. The van der Waals surface area contributed by atoms with Crippen LogP contribution in [0.2, 0.25) is 0 Å². The number of carboxylic acid groups (broad SMARTS) is 1. The highest BCUT2D eigenvalue weighted by Crippen LogP contribution is 2.42. The van der Waals surface area contributed by atoms with Crippen LogP contribution in [-0.2, 0) is 14.4 Å². The van der Waals surface area contributed by atoms with Gasteiger partial charge in [-0.15, -0.1) is 11.3 Å². The van der Waals surface area contributed by atoms with Crippen molar-refractivity contribution in [2.24, 2.45) is 4.99 Å². The highest BCUT2D eigenvalue weighted by atomic mass is 32.1. The molecule has 3 heterocycles. The minimum Gasteiger partial charge on any atom is -0.478 e. The molecule has 13 nitrogen and oxygen atoms in total. The van der Waals surface area contributed by atoms with E-state index in [1.54, 1.807) is 0 Å². The first kappa shape index (κ1) is 21.5. The van der Waals surface area contributed by atoms with Crippen LogP contribution in [0, 0.1) is 11.3 Å². The zero-order chi connectivity index (χ0) is 24.0. The van der Waals surface area contributed by atoms with Crippen LogP contribution in [0.15, 0.2) is 34.7 Å². The van der Waals surface area contributed by atoms with Crippen molar-refractivity contribution in [2.45, 2.75) is 0 Å². The maximum atomic E-state index is 12.9. The van der Waals surface area contributed by atoms with Gasteiger partial charge in [-0.05, 0) is 18.2 Å². The molecular formula is C19H13N7O6S. The standard InChI is InChI=1S/C19H13N7O6S/c1-26-13(19(31)32-25-26)10-8(5-20)15(22)24-17-11(10)12(21)14(33-17)16(28)23-6-2-3-9(27)7(4-6)18(29)30/h2-4,25,31H,21H2,1H3,(H2,22,24)(H,29,30). The van der Waals surface area contributed by atoms with E-state index in [4.69, 9.17) is 21.4 Å². The van der Waals surface area contributed by atoms with E-state index in [9.17, 15) is 24.8 Å². The molecule has 4 rings (SSSR count). The molecule has 33 heavy (non-hydrogen) atoms. The Morgan fingerprint density at radius 2 is 2.09 bits per heavy atom. The molecule has 0 spiro atoms. The summed E-state index contributed by atoms with van der Waals surface area (Å²) in [7, 11) is 1.51. The number of aliphatic imine (C=N–C) groups is 1. The number of nitrogen functional groups attached to an aromatic ring is 2. The second-order valence-electron chi connectivity index (χ2n) is 6.69. The van der Waals surface area contributed by atoms with Gasteiger partial charge in [0.15, 0.2) is 5.78 Å². The van der Waals surface area contributed by atoms with Gasteiger partial charge < -0.3 is 26.5 Å². The van der Waals surface area contributed by atoms with Gasteiger partial charge in [-0.25, -0.2) is 14.8 Å². The van der Waals surface area contributed by atoms with Crippen molar-refractivity contribution in [3.63, 3.8) is 0 Å². The summed E-state index contributed by atoms with van der Waals surface area (Å²) in [5.74, 6) is -3.73. The van der Waals surface area contributed by atoms with Crippen molar-refractivity contribution < 1.29 is 29.4 Å². The maximum Gasteiger partial charge on any atom is 0.339 e. The Kier molecular flexibility index (Phi) is 5.04. The van der Waals surface area contributed by atoms with Gasteiger partial charge in [-0.1, -0.05) is 5.59 Å². The summed E-state index contributed by atoms with van der Waals surface area (Å²) in [6.07, 6.45) is 3.16. The number of allylic oxidation sites excluding steroid dienone is 3. The number of nitrogens with two attached hydrogens (primary N) is 2. The number of nitrogens with one attached hydrogen (secondary N) is 1. The number of carbonyl (C=O) groups is 3. The number of hydrogen-bond acceptors (Lipinski definition) is 12. The summed E-state index contributed by atoms with van der Waals surface area (Å²) in [6.45, 7) is 0. The summed E-state index contributed by atoms with van der Waals surface area (Å²) >= 11 is 0.843. The largest absolute Gasteiger partial charge is 0.478 e. The Morgan fingerprint density at radius 1 is 1.36 bits per heavy atom. The Morgan fingerprint density at radius 3 is 2.70 bits per heavy atom. The highest BCUT2D eigenvalue weighted by molar-refractivity contribution is 7.21. The summed E-state index contributed by atoms with van der Waals surface area (Å²) < 4.78 is 0. The van der Waals surface area contributed by atoms with Crippen LogP contribution in [0.1, 0.15) is 20.8 Å². The van der Waals surface area contributed by atoms with E-state index < -0.39 is 29.2 Å². The van der Waals surface area contributed by atoms with Crippen molar-refractivity contribution >= 4 is 62.1 Å². The molecule has 7 N–H and O–H groups in total. The molecule has 1 amide bonds. The maximum absolute atomic E-state index is 12.9. The quantitative estimate of drug-likeness (QED) is 0.310. The fraction of sp³-hybridized carbons (Fsp3) is 0.0526. The van der Waals surface area contributed by atoms with Crippen molar-refractivity contribution in [3.8, 4) is 6.07 Å². The number of nitriles is 1. The van der Waals surface area contributed by atoms with Gasteiger partial charge in [-0.2, -0.15) is 5.26 Å². The second-order valence-corrected chi connectivity index (χ2v) is 7.69. The number of anilines is 2. The lowest BCUT2D eigenvalue weighted by atomic mass is 10.0. The zero-order valence-corrected chi connectivity index (χ0v) is 17.4. The van der Waals surface area contributed by atoms with E-state index in [0.29, 0.717) is 0 Å². The molecule has 0 fully saturated rings. The first-order valence-corrected chi connectivity index (χ1v) is 9.77. The summed E-state index contributed by atoms with van der Waals surface area (Å²) in [5, 5.41) is 30.4. The molecule has 14 heteroatoms. The Hall–Kier alpha value is -4.74. The fourth-order valence-corrected chi connectivity index (χ4v) is 4.22. The topological polar surface area (TPSA) is 217 Å². The zero-order valence-electron chi connectivity index (χ0n) is 16.6. The Balaban J connectivity index is 1.90. The molecule has 2 aliphatic rings. The molecule has 0 atom stereocenters. The first-order chi connectivity index (χ1) is 15.6. The number of ketones is 1. The summed E-state index contributed by atoms with van der Waals surface area (Å²) in [4.78, 5) is 48.7. The molecule has 0 radical (unpaired) electrons. The lowest BCUT2D eigenvalue weighted by molar-refractivity contribution is -0.134. The Bertz CT molecular complexity index is 1440. The molecule has 1 aliphatic carbocycles. The van der Waals surface area contributed by atoms with Crippen molar-refractivity contribution in [1.29, 1.82) is 5.26 Å². The normalized spacial score (nSPS) is 16.8. The number of aliphatic hydroxyl groups is 1. The van der Waals surface area contributed by atoms with Gasteiger partial charge in [0.2, 0.25) is 0 Å². The smallest absolute Gasteiger partial charge is 0.339 e. The molecule has 166 valence electrons. The van der Waals surface area contributed by atoms with E-state index in [2.05, 4.69) is 15.6 Å². The predicted octanol–water partition coefficient (Wildman–Crippen LogP) is 0.629. The molecule has 0 saturated heterocycles. The van der Waals surface area contributed by atoms with Crippen molar-refractivity contribution in [3.05, 3.63) is 45.8 Å². The molecule has 2 aromatic rings. The van der Waals surface area contributed by atoms with Gasteiger partial charge in [0.05, 0.1) is 11.4 Å². The van der Waals surface area contributed by atoms with Crippen LogP contribution in [0.25, 0.3) is 15.9 Å². The van der Waals surface area contributed by atoms with E-state index in [0.717, 1.165) is 23.5 Å². The predicted molar refractivity (Wildman–Crippen MR) is 116 cm³/mol. The van der Waals surface area contributed by atoms with Gasteiger partial charge in [0, 0.05) is 18.0 Å². The minimum absolute atomic E-state index is 0.0447. The molecule has 0 unspecified atom stereocenters. The van der Waals surface area contributed by atoms with Crippen LogP contribution in [0.5, 0.6) is 0 Å². The number of aliphatic carboxylic acids is 1. The van der Waals surface area contributed by atoms with Gasteiger partial charge >= 0.3 is 11.9 Å². The van der Waals surface area contributed by atoms with Crippen LogP contribution in [0.4, 0.5) is 11.5 Å². The third kappa shape index (κ3) is 3.43. The second kappa shape index (κ2) is 7.75. The highest BCUT2D eigenvalue weighted by Gasteiger charge is 2.32. The number of fused-ring (bicyclic) bond motifs is 1. The van der Waals surface area contributed by atoms with Crippen LogP contribution in [-0.4, -0.2) is 50.6 Å². The number of amides is 1. The van der Waals surface area contributed by atoms with Crippen LogP contribution >= 0.6 is 11.3 Å². The first-order valence-electron chi connectivity index (χ1n) is 8.95. The molecule has 1 aliphatic heterocycles. The average molecular weight is 467 g/mol. The molecule has 2 aromatic heterocycles. The van der Waals surface area contributed by atoms with Gasteiger partial charge in [0.1, 0.15) is 38.4 Å². The van der Waals surface area contributed by atoms with E-state index in [1.165, 1.54) is 18.1 Å². The summed E-state index contributed by atoms with van der Waals surface area (Å²) in [6, 6.07) is 1.91. The molecule has 0 bridgehead atoms. The number of aliphatic hydroxyl groups excluding tert-OH is 1. The van der Waals surface area contributed by atoms with Crippen molar-refractivity contribution in [1.82, 2.24) is 15.6 Å². The Labute approximate surface area is 188 Å². The number of carbonyl (C=O) groups excluding carboxylic acids is 2. The van der Waals surface area contributed by atoms with Crippen LogP contribution < -0.4 is 17.1 Å². The molecule has 0 aromatic carbocycles. The number of nitrogens with zero attached hydrogens (tertiary/aromatic N) is 4. The monoisotopic (exact) mass is 467 g/mol.